The van der Waals surface area contributed by atoms with Crippen LogP contribution < -0.4 is 5.73 Å². The van der Waals surface area contributed by atoms with E-state index in [0.29, 0.717) is 0 Å². The molecule has 0 aliphatic carbocycles. The molecule has 1 aromatic rings. The quantitative estimate of drug-likeness (QED) is 0.798. The molecule has 1 saturated heterocycles. The molecule has 3 nitrogen and oxygen atoms in total. The molecular formula is C18H31N3. The summed E-state index contributed by atoms with van der Waals surface area (Å²) in [7, 11) is 2.28. The second kappa shape index (κ2) is 9.19. The van der Waals surface area contributed by atoms with Crippen molar-refractivity contribution in [1.29, 1.82) is 0 Å². The first-order valence-electron chi connectivity index (χ1n) is 8.46. The summed E-state index contributed by atoms with van der Waals surface area (Å²) < 4.78 is 0. The zero-order chi connectivity index (χ0) is 14.9. The molecule has 1 heterocycles. The second-order valence-electron chi connectivity index (χ2n) is 6.32. The van der Waals surface area contributed by atoms with Gasteiger partial charge in [-0.2, -0.15) is 0 Å². The topological polar surface area (TPSA) is 32.5 Å². The maximum atomic E-state index is 5.70. The summed E-state index contributed by atoms with van der Waals surface area (Å²) in [5, 5.41) is 0. The van der Waals surface area contributed by atoms with Gasteiger partial charge >= 0.3 is 0 Å². The molecule has 0 amide bonds. The summed E-state index contributed by atoms with van der Waals surface area (Å²) in [6.45, 7) is 5.41. The van der Waals surface area contributed by atoms with Crippen LogP contribution in [0.4, 0.5) is 0 Å². The van der Waals surface area contributed by atoms with Crippen molar-refractivity contribution >= 4 is 0 Å². The minimum atomic E-state index is 0.773. The fraction of sp³-hybridized carbons (Fsp3) is 0.667. The summed E-state index contributed by atoms with van der Waals surface area (Å²) in [4.78, 5) is 5.12. The summed E-state index contributed by atoms with van der Waals surface area (Å²) in [5.74, 6) is 0. The first kappa shape index (κ1) is 16.5. The van der Waals surface area contributed by atoms with E-state index < -0.39 is 0 Å². The Balaban J connectivity index is 1.83. The zero-order valence-corrected chi connectivity index (χ0v) is 13.5. The van der Waals surface area contributed by atoms with E-state index in [4.69, 9.17) is 5.73 Å². The predicted octanol–water partition coefficient (Wildman–Crippen LogP) is 2.71. The van der Waals surface area contributed by atoms with Gasteiger partial charge in [0.05, 0.1) is 0 Å². The van der Waals surface area contributed by atoms with Gasteiger partial charge in [0.1, 0.15) is 0 Å². The lowest BCUT2D eigenvalue weighted by Gasteiger charge is -2.34. The number of likely N-dealkylation sites (tertiary alicyclic amines) is 1. The molecule has 21 heavy (non-hydrogen) atoms. The maximum Gasteiger partial charge on any atom is 0.0233 e. The molecule has 0 bridgehead atoms. The third kappa shape index (κ3) is 5.77. The largest absolute Gasteiger partial charge is 0.330 e. The summed E-state index contributed by atoms with van der Waals surface area (Å²) in [5.41, 5.74) is 7.11. The third-order valence-electron chi connectivity index (χ3n) is 4.63. The normalized spacial score (nSPS) is 20.0. The number of rotatable bonds is 8. The number of nitrogens with zero attached hydrogens (tertiary/aromatic N) is 2. The monoisotopic (exact) mass is 289 g/mol. The third-order valence-corrected chi connectivity index (χ3v) is 4.63. The van der Waals surface area contributed by atoms with Crippen molar-refractivity contribution in [2.24, 2.45) is 5.73 Å². The molecule has 1 aromatic carbocycles. The lowest BCUT2D eigenvalue weighted by atomic mass is 10.00. The number of benzene rings is 1. The predicted molar refractivity (Wildman–Crippen MR) is 90.3 cm³/mol. The highest BCUT2D eigenvalue weighted by Crippen LogP contribution is 2.18. The minimum Gasteiger partial charge on any atom is -0.330 e. The van der Waals surface area contributed by atoms with Crippen molar-refractivity contribution in [3.05, 3.63) is 35.9 Å². The van der Waals surface area contributed by atoms with Gasteiger partial charge in [-0.15, -0.1) is 0 Å². The van der Waals surface area contributed by atoms with Gasteiger partial charge in [0.15, 0.2) is 0 Å². The summed E-state index contributed by atoms with van der Waals surface area (Å²) in [6.07, 6.45) is 6.51. The van der Waals surface area contributed by atoms with Crippen molar-refractivity contribution in [2.75, 3.05) is 33.2 Å². The van der Waals surface area contributed by atoms with Gasteiger partial charge in [0.2, 0.25) is 0 Å². The molecule has 1 aliphatic heterocycles. The molecule has 1 fully saturated rings. The molecule has 0 spiro atoms. The van der Waals surface area contributed by atoms with Crippen molar-refractivity contribution < 1.29 is 0 Å². The first-order chi connectivity index (χ1) is 10.3. The van der Waals surface area contributed by atoms with Crippen molar-refractivity contribution in [3.8, 4) is 0 Å². The lowest BCUT2D eigenvalue weighted by Crippen LogP contribution is -2.39. The Morgan fingerprint density at radius 2 is 2.00 bits per heavy atom. The summed E-state index contributed by atoms with van der Waals surface area (Å²) >= 11 is 0. The molecule has 2 rings (SSSR count). The van der Waals surface area contributed by atoms with Gasteiger partial charge in [0.25, 0.3) is 0 Å². The van der Waals surface area contributed by atoms with E-state index in [9.17, 15) is 0 Å². The van der Waals surface area contributed by atoms with Crippen LogP contribution in [0.15, 0.2) is 30.3 Å². The molecule has 1 atom stereocenters. The molecule has 1 aliphatic rings. The van der Waals surface area contributed by atoms with E-state index in [1.54, 1.807) is 0 Å². The fourth-order valence-corrected chi connectivity index (χ4v) is 3.27. The Morgan fingerprint density at radius 1 is 1.19 bits per heavy atom. The van der Waals surface area contributed by atoms with Crippen LogP contribution in [0.5, 0.6) is 0 Å². The van der Waals surface area contributed by atoms with Crippen LogP contribution in [0, 0.1) is 0 Å². The highest BCUT2D eigenvalue weighted by atomic mass is 15.2. The average molecular weight is 289 g/mol. The molecular weight excluding hydrogens is 258 g/mol. The minimum absolute atomic E-state index is 0.773. The molecule has 0 radical (unpaired) electrons. The zero-order valence-electron chi connectivity index (χ0n) is 13.5. The Hall–Kier alpha value is -0.900. The highest BCUT2D eigenvalue weighted by molar-refractivity contribution is 5.14. The van der Waals surface area contributed by atoms with Crippen LogP contribution in [0.2, 0.25) is 0 Å². The molecule has 0 aromatic heterocycles. The smallest absolute Gasteiger partial charge is 0.0233 e. The van der Waals surface area contributed by atoms with E-state index in [1.807, 2.05) is 0 Å². The molecule has 1 unspecified atom stereocenters. The molecule has 118 valence electrons. The van der Waals surface area contributed by atoms with Crippen molar-refractivity contribution in [3.63, 3.8) is 0 Å². The number of nitrogens with two attached hydrogens (primary N) is 1. The Morgan fingerprint density at radius 3 is 2.71 bits per heavy atom. The Labute approximate surface area is 130 Å². The van der Waals surface area contributed by atoms with Crippen LogP contribution >= 0.6 is 0 Å². The highest BCUT2D eigenvalue weighted by Gasteiger charge is 2.19. The van der Waals surface area contributed by atoms with Crippen LogP contribution in [0.1, 0.15) is 37.7 Å². The molecule has 0 saturated carbocycles. The van der Waals surface area contributed by atoms with Crippen LogP contribution in [-0.4, -0.2) is 49.1 Å². The maximum absolute atomic E-state index is 5.70. The van der Waals surface area contributed by atoms with Gasteiger partial charge < -0.3 is 10.6 Å². The fourth-order valence-electron chi connectivity index (χ4n) is 3.27. The van der Waals surface area contributed by atoms with E-state index in [1.165, 1.54) is 44.3 Å². The standard InChI is InChI=1S/C18H31N3/c1-20-13-6-5-10-18(20)11-15-21(14-7-12-19)16-17-8-3-2-4-9-17/h2-4,8-9,18H,5-7,10-16,19H2,1H3. The van der Waals surface area contributed by atoms with Gasteiger partial charge in [-0.1, -0.05) is 36.8 Å². The number of hydrogen-bond acceptors (Lipinski definition) is 3. The van der Waals surface area contributed by atoms with Gasteiger partial charge in [-0.25, -0.2) is 0 Å². The van der Waals surface area contributed by atoms with Crippen LogP contribution in [0.3, 0.4) is 0 Å². The van der Waals surface area contributed by atoms with Crippen molar-refractivity contribution in [1.82, 2.24) is 9.80 Å². The van der Waals surface area contributed by atoms with Gasteiger partial charge in [-0.3, -0.25) is 4.90 Å². The van der Waals surface area contributed by atoms with Crippen LogP contribution in [-0.2, 0) is 6.54 Å². The Bertz CT molecular complexity index is 379. The van der Waals surface area contributed by atoms with E-state index in [2.05, 4.69) is 47.2 Å². The number of piperidine rings is 1. The number of hydrogen-bond donors (Lipinski definition) is 1. The van der Waals surface area contributed by atoms with E-state index in [-0.39, 0.29) is 0 Å². The molecule has 3 heteroatoms. The average Bonchev–Trinajstić information content (AvgIpc) is 2.52. The van der Waals surface area contributed by atoms with Gasteiger partial charge in [-0.05, 0) is 64.5 Å². The first-order valence-corrected chi connectivity index (χ1v) is 8.46. The SMILES string of the molecule is CN1CCCCC1CCN(CCCN)Cc1ccccc1. The van der Waals surface area contributed by atoms with E-state index >= 15 is 0 Å². The second-order valence-corrected chi connectivity index (χ2v) is 6.32. The van der Waals surface area contributed by atoms with Crippen molar-refractivity contribution in [2.45, 2.75) is 44.7 Å². The van der Waals surface area contributed by atoms with E-state index in [0.717, 1.165) is 32.1 Å². The Kier molecular flexibility index (Phi) is 7.20. The summed E-state index contributed by atoms with van der Waals surface area (Å²) in [6, 6.07) is 11.6. The lowest BCUT2D eigenvalue weighted by molar-refractivity contribution is 0.151. The van der Waals surface area contributed by atoms with Crippen LogP contribution in [0.25, 0.3) is 0 Å². The van der Waals surface area contributed by atoms with Gasteiger partial charge in [0, 0.05) is 12.6 Å². The molecule has 2 N–H and O–H groups in total.